The van der Waals surface area contributed by atoms with Gasteiger partial charge in [0.1, 0.15) is 0 Å². The zero-order chi connectivity index (χ0) is 19.2. The normalized spacial score (nSPS) is 25.0. The van der Waals surface area contributed by atoms with Crippen molar-refractivity contribution in [1.82, 2.24) is 0 Å². The summed E-state index contributed by atoms with van der Waals surface area (Å²) < 4.78 is 0. The fourth-order valence-electron chi connectivity index (χ4n) is 5.02. The first-order valence-corrected chi connectivity index (χ1v) is 10.7. The van der Waals surface area contributed by atoms with Crippen LogP contribution in [0.3, 0.4) is 0 Å². The van der Waals surface area contributed by atoms with E-state index in [1.54, 1.807) is 5.57 Å². The number of ketones is 1. The lowest BCUT2D eigenvalue weighted by atomic mass is 9.62. The highest BCUT2D eigenvalue weighted by Crippen LogP contribution is 2.50. The second-order valence-electron chi connectivity index (χ2n) is 11.0. The summed E-state index contributed by atoms with van der Waals surface area (Å²) in [6.07, 6.45) is 17.7. The third-order valence-electron chi connectivity index (χ3n) is 6.72. The Balaban J connectivity index is 1.94. The second-order valence-corrected chi connectivity index (χ2v) is 11.0. The predicted molar refractivity (Wildman–Crippen MR) is 111 cm³/mol. The maximum atomic E-state index is 13.2. The van der Waals surface area contributed by atoms with Gasteiger partial charge in [-0.2, -0.15) is 0 Å². The highest BCUT2D eigenvalue weighted by atomic mass is 16.1. The van der Waals surface area contributed by atoms with Crippen molar-refractivity contribution in [2.75, 3.05) is 0 Å². The van der Waals surface area contributed by atoms with E-state index in [1.807, 2.05) is 0 Å². The Morgan fingerprint density at radius 1 is 0.885 bits per heavy atom. The lowest BCUT2D eigenvalue weighted by molar-refractivity contribution is -0.114. The fourth-order valence-corrected chi connectivity index (χ4v) is 5.02. The minimum Gasteiger partial charge on any atom is -0.289 e. The number of allylic oxidation sites excluding steroid dienone is 6. The van der Waals surface area contributed by atoms with Crippen LogP contribution in [0.1, 0.15) is 92.9 Å². The van der Waals surface area contributed by atoms with Crippen LogP contribution >= 0.6 is 0 Å². The number of Topliss-reactive ketones (excluding diaryl/α,β-unsaturated/α-hetero) is 1. The third kappa shape index (κ3) is 3.92. The molecule has 0 unspecified atom stereocenters. The second kappa shape index (κ2) is 6.80. The van der Waals surface area contributed by atoms with Crippen molar-refractivity contribution in [2.24, 2.45) is 22.2 Å². The first-order valence-electron chi connectivity index (χ1n) is 10.7. The van der Waals surface area contributed by atoms with E-state index in [1.165, 1.54) is 44.9 Å². The lowest BCUT2D eigenvalue weighted by Gasteiger charge is -2.41. The molecule has 0 bridgehead atoms. The molecule has 0 aromatic rings. The van der Waals surface area contributed by atoms with E-state index in [0.717, 1.165) is 23.5 Å². The van der Waals surface area contributed by atoms with Gasteiger partial charge in [-0.25, -0.2) is 0 Å². The van der Waals surface area contributed by atoms with Crippen molar-refractivity contribution < 1.29 is 4.79 Å². The maximum absolute atomic E-state index is 13.2. The van der Waals surface area contributed by atoms with Crippen LogP contribution in [-0.4, -0.2) is 5.78 Å². The molecule has 3 aliphatic carbocycles. The van der Waals surface area contributed by atoms with Gasteiger partial charge in [0.05, 0.1) is 0 Å². The predicted octanol–water partition coefficient (Wildman–Crippen LogP) is 7.19. The molecule has 1 saturated carbocycles. The smallest absolute Gasteiger partial charge is 0.185 e. The Morgan fingerprint density at radius 2 is 1.42 bits per heavy atom. The summed E-state index contributed by atoms with van der Waals surface area (Å²) in [7, 11) is 0. The number of carbonyl (C=O) groups is 1. The van der Waals surface area contributed by atoms with Crippen LogP contribution < -0.4 is 0 Å². The molecule has 1 heteroatoms. The van der Waals surface area contributed by atoms with Gasteiger partial charge in [-0.3, -0.25) is 4.79 Å². The zero-order valence-corrected chi connectivity index (χ0v) is 17.9. The molecule has 0 amide bonds. The van der Waals surface area contributed by atoms with E-state index in [-0.39, 0.29) is 22.0 Å². The molecule has 0 radical (unpaired) electrons. The van der Waals surface area contributed by atoms with Crippen LogP contribution in [0.5, 0.6) is 0 Å². The summed E-state index contributed by atoms with van der Waals surface area (Å²) in [6.45, 7) is 13.1. The summed E-state index contributed by atoms with van der Waals surface area (Å²) in [5.41, 5.74) is 3.63. The van der Waals surface area contributed by atoms with E-state index < -0.39 is 0 Å². The molecule has 0 heterocycles. The molecule has 144 valence electrons. The summed E-state index contributed by atoms with van der Waals surface area (Å²) in [5, 5.41) is 0. The largest absolute Gasteiger partial charge is 0.289 e. The zero-order valence-electron chi connectivity index (χ0n) is 17.9. The molecular weight excluding hydrogens is 316 g/mol. The highest BCUT2D eigenvalue weighted by Gasteiger charge is 2.41. The molecule has 3 rings (SSSR count). The number of hydrogen-bond acceptors (Lipinski definition) is 1. The monoisotopic (exact) mass is 354 g/mol. The number of carbonyl (C=O) groups excluding carboxylic acids is 1. The van der Waals surface area contributed by atoms with Crippen molar-refractivity contribution in [3.63, 3.8) is 0 Å². The van der Waals surface area contributed by atoms with E-state index in [9.17, 15) is 4.79 Å². The quantitative estimate of drug-likeness (QED) is 0.455. The topological polar surface area (TPSA) is 17.1 Å². The van der Waals surface area contributed by atoms with Gasteiger partial charge in [0.25, 0.3) is 0 Å². The lowest BCUT2D eigenvalue weighted by Crippen LogP contribution is -2.34. The molecule has 0 saturated heterocycles. The minimum atomic E-state index is -0.0950. The van der Waals surface area contributed by atoms with Gasteiger partial charge in [-0.05, 0) is 48.9 Å². The van der Waals surface area contributed by atoms with Crippen molar-refractivity contribution in [2.45, 2.75) is 92.9 Å². The first-order chi connectivity index (χ1) is 12.0. The Kier molecular flexibility index (Phi) is 5.14. The van der Waals surface area contributed by atoms with E-state index in [2.05, 4.69) is 59.8 Å². The van der Waals surface area contributed by atoms with E-state index in [0.29, 0.717) is 0 Å². The molecule has 1 spiro atoms. The van der Waals surface area contributed by atoms with Gasteiger partial charge in [-0.1, -0.05) is 84.6 Å². The van der Waals surface area contributed by atoms with E-state index >= 15 is 0 Å². The van der Waals surface area contributed by atoms with Crippen molar-refractivity contribution in [1.29, 1.82) is 0 Å². The summed E-state index contributed by atoms with van der Waals surface area (Å²) >= 11 is 0. The molecule has 3 aliphatic rings. The fraction of sp³-hybridized carbons (Fsp3) is 0.720. The molecule has 0 N–H and O–H groups in total. The van der Waals surface area contributed by atoms with Crippen LogP contribution in [0, 0.1) is 22.2 Å². The van der Waals surface area contributed by atoms with Crippen molar-refractivity contribution >= 4 is 5.78 Å². The van der Waals surface area contributed by atoms with E-state index in [4.69, 9.17) is 0 Å². The molecule has 26 heavy (non-hydrogen) atoms. The molecule has 1 fully saturated rings. The Morgan fingerprint density at radius 3 is 1.85 bits per heavy atom. The number of rotatable bonds is 1. The Bertz CT molecular complexity index is 617. The average Bonchev–Trinajstić information content (AvgIpc) is 2.56. The SMILES string of the molecule is CC(C)(C)C1=CC2(C=C(C(C)(C)C)C1=O)CC=C(C1CCCCC1)CC2. The summed E-state index contributed by atoms with van der Waals surface area (Å²) in [6, 6.07) is 0. The van der Waals surface area contributed by atoms with Crippen molar-refractivity contribution in [3.8, 4) is 0 Å². The minimum absolute atomic E-state index is 0.0529. The first kappa shape index (κ1) is 19.6. The van der Waals surface area contributed by atoms with Crippen LogP contribution in [0.4, 0.5) is 0 Å². The molecular formula is C25H38O. The molecule has 0 aliphatic heterocycles. The average molecular weight is 355 g/mol. The molecule has 1 nitrogen and oxygen atoms in total. The van der Waals surface area contributed by atoms with Gasteiger partial charge in [0.15, 0.2) is 5.78 Å². The van der Waals surface area contributed by atoms with Gasteiger partial charge in [-0.15, -0.1) is 0 Å². The Hall–Kier alpha value is -1.11. The van der Waals surface area contributed by atoms with Gasteiger partial charge >= 0.3 is 0 Å². The Labute approximate surface area is 161 Å². The van der Waals surface area contributed by atoms with Crippen LogP contribution in [0.2, 0.25) is 0 Å². The van der Waals surface area contributed by atoms with Crippen LogP contribution in [-0.2, 0) is 4.79 Å². The summed E-state index contributed by atoms with van der Waals surface area (Å²) in [5.74, 6) is 1.11. The highest BCUT2D eigenvalue weighted by molar-refractivity contribution is 6.11. The molecule has 0 atom stereocenters. The number of hydrogen-bond donors (Lipinski definition) is 0. The third-order valence-corrected chi connectivity index (χ3v) is 6.72. The standard InChI is InChI=1S/C25H38O/c1-23(2,3)20-16-25(17-21(22(20)26)24(4,5)6)14-12-19(13-15-25)18-10-8-7-9-11-18/h12,16-18H,7-11,13-15H2,1-6H3. The van der Waals surface area contributed by atoms with Crippen molar-refractivity contribution in [3.05, 3.63) is 34.9 Å². The molecule has 0 aromatic heterocycles. The molecule has 0 aromatic carbocycles. The van der Waals surface area contributed by atoms with Gasteiger partial charge in [0, 0.05) is 16.6 Å². The van der Waals surface area contributed by atoms with Crippen LogP contribution in [0.25, 0.3) is 0 Å². The van der Waals surface area contributed by atoms with Gasteiger partial charge in [0.2, 0.25) is 0 Å². The maximum Gasteiger partial charge on any atom is 0.185 e. The van der Waals surface area contributed by atoms with Crippen LogP contribution in [0.15, 0.2) is 34.9 Å². The van der Waals surface area contributed by atoms with Gasteiger partial charge < -0.3 is 0 Å². The summed E-state index contributed by atoms with van der Waals surface area (Å²) in [4.78, 5) is 13.2.